The van der Waals surface area contributed by atoms with Gasteiger partial charge in [0.25, 0.3) is 11.8 Å². The Balaban J connectivity index is 1.86. The normalized spacial score (nSPS) is 13.2. The second-order valence-electron chi connectivity index (χ2n) is 5.33. The van der Waals surface area contributed by atoms with E-state index < -0.39 is 0 Å². The van der Waals surface area contributed by atoms with Gasteiger partial charge >= 0.3 is 0 Å². The maximum absolute atomic E-state index is 12.7. The molecule has 0 saturated carbocycles. The molecule has 2 amide bonds. The zero-order valence-electron chi connectivity index (χ0n) is 12.4. The molecule has 24 heavy (non-hydrogen) atoms. The van der Waals surface area contributed by atoms with Gasteiger partial charge < -0.3 is 4.42 Å². The van der Waals surface area contributed by atoms with Crippen LogP contribution in [0, 0.1) is 0 Å². The van der Waals surface area contributed by atoms with Gasteiger partial charge in [-0.2, -0.15) is 0 Å². The van der Waals surface area contributed by atoms with Crippen LogP contribution < -0.4 is 4.90 Å². The minimum atomic E-state index is -0.370. The Morgan fingerprint density at radius 3 is 1.92 bits per heavy atom. The Morgan fingerprint density at radius 1 is 0.750 bits per heavy atom. The Bertz CT molecular complexity index is 951. The molecule has 1 aliphatic heterocycles. The molecule has 2 aromatic carbocycles. The maximum atomic E-state index is 12.7. The molecule has 1 aromatic heterocycles. The molecule has 0 atom stereocenters. The molecular weight excluding hydrogens is 306 g/mol. The van der Waals surface area contributed by atoms with Crippen LogP contribution in [0.4, 0.5) is 5.69 Å². The number of carbonyl (C=O) groups excluding carboxylic acids is 3. The van der Waals surface area contributed by atoms with Gasteiger partial charge in [0.05, 0.1) is 16.8 Å². The lowest BCUT2D eigenvalue weighted by atomic mass is 10.1. The third kappa shape index (κ3) is 1.99. The number of hydrogen-bond donors (Lipinski definition) is 0. The van der Waals surface area contributed by atoms with Crippen LogP contribution in [0.5, 0.6) is 0 Å². The number of benzene rings is 2. The summed E-state index contributed by atoms with van der Waals surface area (Å²) < 4.78 is 5.45. The van der Waals surface area contributed by atoms with Gasteiger partial charge in [-0.05, 0) is 36.4 Å². The molecule has 0 spiro atoms. The standard InChI is InChI=1S/C19H11NO4/c21-11-12-9-10-17(24-12)15-7-3-4-8-16(15)20-18(22)13-5-1-2-6-14(13)19(20)23/h1-11H. The number of hydrogen-bond acceptors (Lipinski definition) is 4. The molecule has 0 unspecified atom stereocenters. The maximum Gasteiger partial charge on any atom is 0.266 e. The smallest absolute Gasteiger partial charge is 0.266 e. The summed E-state index contributed by atoms with van der Waals surface area (Å²) in [5.74, 6) is -0.137. The molecule has 2 heterocycles. The Morgan fingerprint density at radius 2 is 1.33 bits per heavy atom. The van der Waals surface area contributed by atoms with Crippen LogP contribution in [0.3, 0.4) is 0 Å². The summed E-state index contributed by atoms with van der Waals surface area (Å²) in [6.45, 7) is 0. The van der Waals surface area contributed by atoms with Gasteiger partial charge in [0.2, 0.25) is 0 Å². The predicted molar refractivity (Wildman–Crippen MR) is 87.1 cm³/mol. The molecule has 0 N–H and O–H groups in total. The number of amides is 2. The van der Waals surface area contributed by atoms with Gasteiger partial charge in [-0.15, -0.1) is 0 Å². The Kier molecular flexibility index (Phi) is 3.13. The minimum Gasteiger partial charge on any atom is -0.453 e. The van der Waals surface area contributed by atoms with Crippen molar-refractivity contribution < 1.29 is 18.8 Å². The Labute approximate surface area is 137 Å². The van der Waals surface area contributed by atoms with E-state index in [0.29, 0.717) is 34.4 Å². The number of para-hydroxylation sites is 1. The molecule has 0 aliphatic carbocycles. The number of anilines is 1. The van der Waals surface area contributed by atoms with Gasteiger partial charge in [-0.3, -0.25) is 14.4 Å². The molecule has 5 nitrogen and oxygen atoms in total. The lowest BCUT2D eigenvalue weighted by Crippen LogP contribution is -2.29. The highest BCUT2D eigenvalue weighted by atomic mass is 16.3. The van der Waals surface area contributed by atoms with Crippen LogP contribution in [0.15, 0.2) is 65.1 Å². The number of nitrogens with zero attached hydrogens (tertiary/aromatic N) is 1. The molecule has 0 radical (unpaired) electrons. The van der Waals surface area contributed by atoms with Crippen molar-refractivity contribution in [1.82, 2.24) is 0 Å². The number of furan rings is 1. The van der Waals surface area contributed by atoms with Gasteiger partial charge in [-0.25, -0.2) is 4.90 Å². The SMILES string of the molecule is O=Cc1ccc(-c2ccccc2N2C(=O)c3ccccc3C2=O)o1. The lowest BCUT2D eigenvalue weighted by molar-refractivity contribution is 0.0925. The Hall–Kier alpha value is -3.47. The van der Waals surface area contributed by atoms with Crippen molar-refractivity contribution in [2.75, 3.05) is 4.90 Å². The van der Waals surface area contributed by atoms with Crippen molar-refractivity contribution in [2.24, 2.45) is 0 Å². The fourth-order valence-electron chi connectivity index (χ4n) is 2.85. The summed E-state index contributed by atoms with van der Waals surface area (Å²) in [7, 11) is 0. The summed E-state index contributed by atoms with van der Waals surface area (Å²) in [5, 5.41) is 0. The molecule has 5 heteroatoms. The number of rotatable bonds is 3. The molecule has 0 bridgehead atoms. The average molecular weight is 317 g/mol. The van der Waals surface area contributed by atoms with E-state index in [1.165, 1.54) is 0 Å². The van der Waals surface area contributed by atoms with Crippen LogP contribution in [0.25, 0.3) is 11.3 Å². The highest BCUT2D eigenvalue weighted by molar-refractivity contribution is 6.35. The highest BCUT2D eigenvalue weighted by Crippen LogP contribution is 2.36. The van der Waals surface area contributed by atoms with E-state index in [-0.39, 0.29) is 17.6 Å². The second-order valence-corrected chi connectivity index (χ2v) is 5.33. The third-order valence-corrected chi connectivity index (χ3v) is 3.95. The van der Waals surface area contributed by atoms with Crippen molar-refractivity contribution >= 4 is 23.8 Å². The van der Waals surface area contributed by atoms with E-state index in [1.807, 2.05) is 0 Å². The molecule has 116 valence electrons. The van der Waals surface area contributed by atoms with E-state index in [2.05, 4.69) is 0 Å². The summed E-state index contributed by atoms with van der Waals surface area (Å²) >= 11 is 0. The van der Waals surface area contributed by atoms with E-state index in [1.54, 1.807) is 60.7 Å². The summed E-state index contributed by atoms with van der Waals surface area (Å²) in [4.78, 5) is 37.3. The highest BCUT2D eigenvalue weighted by Gasteiger charge is 2.37. The van der Waals surface area contributed by atoms with E-state index in [0.717, 1.165) is 4.90 Å². The summed E-state index contributed by atoms with van der Waals surface area (Å²) in [6, 6.07) is 16.8. The number of fused-ring (bicyclic) bond motifs is 1. The molecule has 4 rings (SSSR count). The first kappa shape index (κ1) is 14.1. The quantitative estimate of drug-likeness (QED) is 0.547. The zero-order valence-corrected chi connectivity index (χ0v) is 12.4. The second kappa shape index (κ2) is 5.31. The third-order valence-electron chi connectivity index (χ3n) is 3.95. The van der Waals surface area contributed by atoms with Gasteiger partial charge in [0.1, 0.15) is 5.76 Å². The fourth-order valence-corrected chi connectivity index (χ4v) is 2.85. The van der Waals surface area contributed by atoms with E-state index in [4.69, 9.17) is 4.42 Å². The topological polar surface area (TPSA) is 67.6 Å². The van der Waals surface area contributed by atoms with Crippen LogP contribution in [0.2, 0.25) is 0 Å². The van der Waals surface area contributed by atoms with Gasteiger partial charge in [0, 0.05) is 5.56 Å². The van der Waals surface area contributed by atoms with Crippen LogP contribution >= 0.6 is 0 Å². The van der Waals surface area contributed by atoms with Crippen LogP contribution in [0.1, 0.15) is 31.3 Å². The predicted octanol–water partition coefficient (Wildman–Crippen LogP) is 3.56. The van der Waals surface area contributed by atoms with E-state index >= 15 is 0 Å². The summed E-state index contributed by atoms with van der Waals surface area (Å²) in [5.41, 5.74) is 1.76. The van der Waals surface area contributed by atoms with E-state index in [9.17, 15) is 14.4 Å². The number of aldehydes is 1. The van der Waals surface area contributed by atoms with Gasteiger partial charge in [0.15, 0.2) is 12.0 Å². The largest absolute Gasteiger partial charge is 0.453 e. The monoisotopic (exact) mass is 317 g/mol. The molecule has 0 saturated heterocycles. The first-order valence-electron chi connectivity index (χ1n) is 7.33. The summed E-state index contributed by atoms with van der Waals surface area (Å²) in [6.07, 6.45) is 0.605. The van der Waals surface area contributed by atoms with Crippen molar-refractivity contribution in [1.29, 1.82) is 0 Å². The molecular formula is C19H11NO4. The van der Waals surface area contributed by atoms with Crippen LogP contribution in [-0.2, 0) is 0 Å². The average Bonchev–Trinajstić information content (AvgIpc) is 3.19. The first-order valence-corrected chi connectivity index (χ1v) is 7.33. The molecule has 3 aromatic rings. The van der Waals surface area contributed by atoms with Crippen molar-refractivity contribution in [3.8, 4) is 11.3 Å². The fraction of sp³-hybridized carbons (Fsp3) is 0. The lowest BCUT2D eigenvalue weighted by Gasteiger charge is -2.17. The van der Waals surface area contributed by atoms with Gasteiger partial charge in [-0.1, -0.05) is 24.3 Å². The minimum absolute atomic E-state index is 0.183. The first-order chi connectivity index (χ1) is 11.7. The van der Waals surface area contributed by atoms with Crippen molar-refractivity contribution in [3.63, 3.8) is 0 Å². The number of carbonyl (C=O) groups is 3. The molecule has 1 aliphatic rings. The zero-order chi connectivity index (χ0) is 16.7. The van der Waals surface area contributed by atoms with Crippen LogP contribution in [-0.4, -0.2) is 18.1 Å². The molecule has 0 fully saturated rings. The van der Waals surface area contributed by atoms with Crippen molar-refractivity contribution in [2.45, 2.75) is 0 Å². The van der Waals surface area contributed by atoms with Crippen molar-refractivity contribution in [3.05, 3.63) is 77.6 Å². The number of imide groups is 1.